The average molecular weight is 493 g/mol. The number of carbonyl (C=O) groups excluding carboxylic acids is 2. The number of aromatic amines is 1. The molecule has 4 rings (SSSR count). The molecule has 1 unspecified atom stereocenters. The molecule has 1 aliphatic rings. The lowest BCUT2D eigenvalue weighted by atomic mass is 9.81. The van der Waals surface area contributed by atoms with Gasteiger partial charge in [-0.3, -0.25) is 19.0 Å². The molecule has 1 aliphatic carbocycles. The molecular weight excluding hydrogens is 464 g/mol. The molecule has 4 N–H and O–H groups in total. The number of para-hydroxylation sites is 1. The number of amides is 2. The van der Waals surface area contributed by atoms with Gasteiger partial charge in [0.2, 0.25) is 11.8 Å². The Hall–Kier alpha value is -4.21. The molecule has 0 aliphatic heterocycles. The smallest absolute Gasteiger partial charge is 0.330 e. The largest absolute Gasteiger partial charge is 0.479 e. The minimum absolute atomic E-state index is 0.147. The van der Waals surface area contributed by atoms with Gasteiger partial charge in [0.15, 0.2) is 6.04 Å². The zero-order valence-electron chi connectivity index (χ0n) is 19.6. The van der Waals surface area contributed by atoms with Crippen LogP contribution in [-0.2, 0) is 20.9 Å². The first-order valence-electron chi connectivity index (χ1n) is 11.9. The number of benzene rings is 2. The molecule has 1 heterocycles. The van der Waals surface area contributed by atoms with Crippen LogP contribution in [0.1, 0.15) is 37.3 Å². The van der Waals surface area contributed by atoms with E-state index in [4.69, 9.17) is 0 Å². The maximum absolute atomic E-state index is 12.7. The molecule has 0 saturated heterocycles. The van der Waals surface area contributed by atoms with Gasteiger partial charge >= 0.3 is 11.7 Å². The number of aliphatic carboxylic acids is 1. The van der Waals surface area contributed by atoms with E-state index in [0.29, 0.717) is 48.7 Å². The fraction of sp³-hybridized carbons (Fsp3) is 0.346. The van der Waals surface area contributed by atoms with Crippen molar-refractivity contribution in [3.63, 3.8) is 0 Å². The second kappa shape index (κ2) is 11.0. The highest BCUT2D eigenvalue weighted by molar-refractivity contribution is 5.86. The van der Waals surface area contributed by atoms with Crippen LogP contribution < -0.4 is 21.9 Å². The summed E-state index contributed by atoms with van der Waals surface area (Å²) in [6, 6.07) is 14.1. The van der Waals surface area contributed by atoms with E-state index in [1.165, 1.54) is 0 Å². The van der Waals surface area contributed by atoms with E-state index in [0.717, 1.165) is 4.57 Å². The highest BCUT2D eigenvalue weighted by Crippen LogP contribution is 2.29. The van der Waals surface area contributed by atoms with Gasteiger partial charge in [-0.1, -0.05) is 42.5 Å². The molecule has 1 fully saturated rings. The van der Waals surface area contributed by atoms with Crippen molar-refractivity contribution in [2.45, 2.75) is 38.3 Å². The zero-order valence-corrected chi connectivity index (χ0v) is 19.6. The van der Waals surface area contributed by atoms with Gasteiger partial charge in [-0.15, -0.1) is 0 Å². The Labute approximate surface area is 206 Å². The van der Waals surface area contributed by atoms with Crippen LogP contribution >= 0.6 is 0 Å². The van der Waals surface area contributed by atoms with Crippen LogP contribution in [0.2, 0.25) is 0 Å². The fourth-order valence-electron chi connectivity index (χ4n) is 4.62. The van der Waals surface area contributed by atoms with Crippen LogP contribution in [0.3, 0.4) is 0 Å². The van der Waals surface area contributed by atoms with Crippen LogP contribution in [0, 0.1) is 11.8 Å². The molecule has 36 heavy (non-hydrogen) atoms. The number of rotatable bonds is 8. The molecule has 1 saturated carbocycles. The van der Waals surface area contributed by atoms with Gasteiger partial charge in [0.05, 0.1) is 10.9 Å². The topological polar surface area (TPSA) is 150 Å². The minimum Gasteiger partial charge on any atom is -0.479 e. The van der Waals surface area contributed by atoms with Crippen molar-refractivity contribution in [2.75, 3.05) is 6.54 Å². The van der Waals surface area contributed by atoms with Crippen molar-refractivity contribution in [3.8, 4) is 0 Å². The van der Waals surface area contributed by atoms with Crippen LogP contribution in [-0.4, -0.2) is 39.0 Å². The van der Waals surface area contributed by atoms with Crippen molar-refractivity contribution < 1.29 is 19.5 Å². The van der Waals surface area contributed by atoms with Crippen molar-refractivity contribution in [2.24, 2.45) is 11.8 Å². The van der Waals surface area contributed by atoms with E-state index in [9.17, 15) is 29.1 Å². The summed E-state index contributed by atoms with van der Waals surface area (Å²) in [6.07, 6.45) is 2.55. The zero-order chi connectivity index (χ0) is 25.7. The summed E-state index contributed by atoms with van der Waals surface area (Å²) in [5.41, 5.74) is -0.232. The van der Waals surface area contributed by atoms with E-state index in [1.807, 2.05) is 0 Å². The van der Waals surface area contributed by atoms with E-state index in [2.05, 4.69) is 15.6 Å². The van der Waals surface area contributed by atoms with Gasteiger partial charge in [-0.25, -0.2) is 9.59 Å². The summed E-state index contributed by atoms with van der Waals surface area (Å²) < 4.78 is 0.879. The van der Waals surface area contributed by atoms with Gasteiger partial charge < -0.3 is 20.7 Å². The van der Waals surface area contributed by atoms with E-state index >= 15 is 0 Å². The molecule has 0 radical (unpaired) electrons. The van der Waals surface area contributed by atoms with Crippen molar-refractivity contribution in [3.05, 3.63) is 81.0 Å². The lowest BCUT2D eigenvalue weighted by Crippen LogP contribution is -2.42. The number of hydrogen-bond donors (Lipinski definition) is 4. The van der Waals surface area contributed by atoms with E-state index in [1.54, 1.807) is 54.6 Å². The Morgan fingerprint density at radius 3 is 2.33 bits per heavy atom. The Morgan fingerprint density at radius 2 is 1.64 bits per heavy atom. The van der Waals surface area contributed by atoms with E-state index < -0.39 is 29.2 Å². The van der Waals surface area contributed by atoms with Gasteiger partial charge in [0.25, 0.3) is 5.56 Å². The first kappa shape index (κ1) is 24.9. The maximum Gasteiger partial charge on any atom is 0.330 e. The van der Waals surface area contributed by atoms with Crippen molar-refractivity contribution in [1.29, 1.82) is 0 Å². The lowest BCUT2D eigenvalue weighted by molar-refractivity contribution is -0.143. The SMILES string of the molecule is O=C(Cn1c(=O)[nH]c2ccccc2c1=O)NCC1CCC(C(=O)NC(C(=O)O)c2ccccc2)CC1. The standard InChI is InChI=1S/C26H28N4O6/c31-21(15-30-24(33)19-8-4-5-9-20(19)28-26(30)36)27-14-16-10-12-18(13-11-16)23(32)29-22(25(34)35)17-6-2-1-3-7-17/h1-9,16,18,22H,10-15H2,(H,27,31)(H,28,36)(H,29,32)(H,34,35). The predicted octanol–water partition coefficient (Wildman–Crippen LogP) is 1.55. The molecule has 0 bridgehead atoms. The first-order chi connectivity index (χ1) is 17.3. The number of hydrogen-bond acceptors (Lipinski definition) is 5. The third-order valence-electron chi connectivity index (χ3n) is 6.66. The summed E-state index contributed by atoms with van der Waals surface area (Å²) >= 11 is 0. The van der Waals surface area contributed by atoms with E-state index in [-0.39, 0.29) is 24.3 Å². The molecule has 3 aromatic rings. The second-order valence-electron chi connectivity index (χ2n) is 9.08. The minimum atomic E-state index is -1.12. The summed E-state index contributed by atoms with van der Waals surface area (Å²) in [5, 5.41) is 15.3. The predicted molar refractivity (Wildman–Crippen MR) is 132 cm³/mol. The van der Waals surface area contributed by atoms with Gasteiger partial charge in [0.1, 0.15) is 6.54 Å². The Morgan fingerprint density at radius 1 is 0.972 bits per heavy atom. The maximum atomic E-state index is 12.7. The molecule has 188 valence electrons. The monoisotopic (exact) mass is 492 g/mol. The van der Waals surface area contributed by atoms with Gasteiger partial charge in [-0.2, -0.15) is 0 Å². The fourth-order valence-corrected chi connectivity index (χ4v) is 4.62. The number of H-pyrrole nitrogens is 1. The highest BCUT2D eigenvalue weighted by Gasteiger charge is 2.30. The number of carboxylic acids is 1. The summed E-state index contributed by atoms with van der Waals surface area (Å²) in [5.74, 6) is -1.99. The van der Waals surface area contributed by atoms with Crippen LogP contribution in [0.25, 0.3) is 10.9 Å². The molecule has 1 atom stereocenters. The van der Waals surface area contributed by atoms with Crippen LogP contribution in [0.4, 0.5) is 0 Å². The Bertz CT molecular complexity index is 1370. The first-order valence-corrected chi connectivity index (χ1v) is 11.9. The Kier molecular flexibility index (Phi) is 7.62. The van der Waals surface area contributed by atoms with Crippen molar-refractivity contribution >= 4 is 28.7 Å². The number of carbonyl (C=O) groups is 3. The highest BCUT2D eigenvalue weighted by atomic mass is 16.4. The molecule has 10 nitrogen and oxygen atoms in total. The summed E-state index contributed by atoms with van der Waals surface area (Å²) in [6.45, 7) is -0.0119. The number of aromatic nitrogens is 2. The third-order valence-corrected chi connectivity index (χ3v) is 6.66. The summed E-state index contributed by atoms with van der Waals surface area (Å²) in [7, 11) is 0. The van der Waals surface area contributed by atoms with Gasteiger partial charge in [0, 0.05) is 12.5 Å². The van der Waals surface area contributed by atoms with Crippen LogP contribution in [0.5, 0.6) is 0 Å². The Balaban J connectivity index is 1.27. The molecule has 1 aromatic heterocycles. The molecule has 0 spiro atoms. The second-order valence-corrected chi connectivity index (χ2v) is 9.08. The van der Waals surface area contributed by atoms with Crippen molar-refractivity contribution in [1.82, 2.24) is 20.2 Å². The molecule has 2 aromatic carbocycles. The molecule has 2 amide bonds. The lowest BCUT2D eigenvalue weighted by Gasteiger charge is -2.29. The van der Waals surface area contributed by atoms with Gasteiger partial charge in [-0.05, 0) is 49.3 Å². The number of nitrogens with one attached hydrogen (secondary N) is 3. The summed E-state index contributed by atoms with van der Waals surface area (Å²) in [4.78, 5) is 64.3. The third kappa shape index (κ3) is 5.70. The number of fused-ring (bicyclic) bond motifs is 1. The quantitative estimate of drug-likeness (QED) is 0.375. The normalized spacial score (nSPS) is 18.3. The molecular formula is C26H28N4O6. The molecule has 10 heteroatoms. The number of carboxylic acid groups (broad SMARTS) is 1. The average Bonchev–Trinajstić information content (AvgIpc) is 2.89. The number of nitrogens with zero attached hydrogens (tertiary/aromatic N) is 1. The van der Waals surface area contributed by atoms with Crippen LogP contribution in [0.15, 0.2) is 64.2 Å².